The number of rotatable bonds is 3. The molecule has 3 heteroatoms. The van der Waals surface area contributed by atoms with Gasteiger partial charge in [0.25, 0.3) is 0 Å². The molecule has 18 heavy (non-hydrogen) atoms. The standard InChI is InChI=1S/C15H14N2O/c1-11-2-7-15(18)14(8-11)17-10-13-5-3-12(9-16)4-6-13/h2-8,17-18H,10H2,1H3. The molecule has 90 valence electrons. The number of hydrogen-bond donors (Lipinski definition) is 2. The minimum atomic E-state index is 0.245. The van der Waals surface area contributed by atoms with Gasteiger partial charge in [-0.15, -0.1) is 0 Å². The van der Waals surface area contributed by atoms with Crippen LogP contribution in [0.25, 0.3) is 0 Å². The highest BCUT2D eigenvalue weighted by atomic mass is 16.3. The van der Waals surface area contributed by atoms with Gasteiger partial charge in [0, 0.05) is 6.54 Å². The second kappa shape index (κ2) is 5.24. The second-order valence-corrected chi connectivity index (χ2v) is 4.18. The van der Waals surface area contributed by atoms with Crippen molar-refractivity contribution < 1.29 is 5.11 Å². The van der Waals surface area contributed by atoms with E-state index in [1.54, 1.807) is 18.2 Å². The third-order valence-corrected chi connectivity index (χ3v) is 2.72. The minimum absolute atomic E-state index is 0.245. The summed E-state index contributed by atoms with van der Waals surface area (Å²) >= 11 is 0. The van der Waals surface area contributed by atoms with Crippen molar-refractivity contribution in [3.63, 3.8) is 0 Å². The van der Waals surface area contributed by atoms with Gasteiger partial charge in [0.2, 0.25) is 0 Å². The topological polar surface area (TPSA) is 56.0 Å². The lowest BCUT2D eigenvalue weighted by Crippen LogP contribution is -1.99. The Morgan fingerprint density at radius 1 is 1.17 bits per heavy atom. The van der Waals surface area contributed by atoms with Crippen molar-refractivity contribution in [1.29, 1.82) is 5.26 Å². The number of benzene rings is 2. The van der Waals surface area contributed by atoms with E-state index >= 15 is 0 Å². The van der Waals surface area contributed by atoms with Crippen molar-refractivity contribution in [3.05, 3.63) is 59.2 Å². The summed E-state index contributed by atoms with van der Waals surface area (Å²) in [6.07, 6.45) is 0. The maximum absolute atomic E-state index is 9.69. The van der Waals surface area contributed by atoms with E-state index in [-0.39, 0.29) is 5.75 Å². The lowest BCUT2D eigenvalue weighted by molar-refractivity contribution is 0.477. The van der Waals surface area contributed by atoms with E-state index in [0.29, 0.717) is 12.1 Å². The molecule has 0 radical (unpaired) electrons. The normalized spacial score (nSPS) is 9.78. The average Bonchev–Trinajstić information content (AvgIpc) is 2.40. The Morgan fingerprint density at radius 2 is 1.89 bits per heavy atom. The summed E-state index contributed by atoms with van der Waals surface area (Å²) in [4.78, 5) is 0. The number of aromatic hydroxyl groups is 1. The highest BCUT2D eigenvalue weighted by Gasteiger charge is 2.01. The number of nitriles is 1. The lowest BCUT2D eigenvalue weighted by atomic mass is 10.1. The lowest BCUT2D eigenvalue weighted by Gasteiger charge is -2.09. The maximum Gasteiger partial charge on any atom is 0.138 e. The molecule has 0 atom stereocenters. The van der Waals surface area contributed by atoms with Gasteiger partial charge >= 0.3 is 0 Å². The number of phenolic OH excluding ortho intramolecular Hbond substituents is 1. The number of anilines is 1. The van der Waals surface area contributed by atoms with E-state index in [0.717, 1.165) is 16.8 Å². The van der Waals surface area contributed by atoms with Crippen LogP contribution < -0.4 is 5.32 Å². The quantitative estimate of drug-likeness (QED) is 0.807. The second-order valence-electron chi connectivity index (χ2n) is 4.18. The van der Waals surface area contributed by atoms with E-state index in [9.17, 15) is 5.11 Å². The van der Waals surface area contributed by atoms with Crippen LogP contribution in [0.3, 0.4) is 0 Å². The molecule has 0 heterocycles. The Balaban J connectivity index is 2.07. The third kappa shape index (κ3) is 2.80. The van der Waals surface area contributed by atoms with Crippen LogP contribution in [0, 0.1) is 18.3 Å². The first-order valence-corrected chi connectivity index (χ1v) is 5.71. The van der Waals surface area contributed by atoms with Gasteiger partial charge in [-0.25, -0.2) is 0 Å². The van der Waals surface area contributed by atoms with E-state index in [1.807, 2.05) is 31.2 Å². The Kier molecular flexibility index (Phi) is 3.49. The fourth-order valence-corrected chi connectivity index (χ4v) is 1.69. The number of aryl methyl sites for hydroxylation is 1. The summed E-state index contributed by atoms with van der Waals surface area (Å²) in [5, 5.41) is 21.6. The predicted octanol–water partition coefficient (Wildman–Crippen LogP) is 3.18. The molecule has 0 aromatic heterocycles. The van der Waals surface area contributed by atoms with Crippen LogP contribution in [0.1, 0.15) is 16.7 Å². The van der Waals surface area contributed by atoms with E-state index in [1.165, 1.54) is 0 Å². The molecule has 0 saturated heterocycles. The van der Waals surface area contributed by atoms with Crippen molar-refractivity contribution >= 4 is 5.69 Å². The van der Waals surface area contributed by atoms with Crippen molar-refractivity contribution in [3.8, 4) is 11.8 Å². The first kappa shape index (κ1) is 12.0. The first-order valence-electron chi connectivity index (χ1n) is 5.71. The average molecular weight is 238 g/mol. The highest BCUT2D eigenvalue weighted by Crippen LogP contribution is 2.24. The molecule has 2 N–H and O–H groups in total. The van der Waals surface area contributed by atoms with Gasteiger partial charge < -0.3 is 10.4 Å². The molecule has 3 nitrogen and oxygen atoms in total. The van der Waals surface area contributed by atoms with Gasteiger partial charge in [0.1, 0.15) is 5.75 Å². The molecule has 0 spiro atoms. The molecular formula is C15H14N2O. The van der Waals surface area contributed by atoms with Crippen molar-refractivity contribution in [2.45, 2.75) is 13.5 Å². The smallest absolute Gasteiger partial charge is 0.138 e. The Hall–Kier alpha value is -2.47. The SMILES string of the molecule is Cc1ccc(O)c(NCc2ccc(C#N)cc2)c1. The Labute approximate surface area is 106 Å². The molecule has 0 unspecified atom stereocenters. The zero-order valence-corrected chi connectivity index (χ0v) is 10.1. The largest absolute Gasteiger partial charge is 0.506 e. The van der Waals surface area contributed by atoms with Gasteiger partial charge in [-0.3, -0.25) is 0 Å². The summed E-state index contributed by atoms with van der Waals surface area (Å²) in [5.41, 5.74) is 3.53. The molecule has 0 aliphatic rings. The third-order valence-electron chi connectivity index (χ3n) is 2.72. The number of nitrogens with zero attached hydrogens (tertiary/aromatic N) is 1. The van der Waals surface area contributed by atoms with Gasteiger partial charge in [0.05, 0.1) is 17.3 Å². The van der Waals surface area contributed by atoms with Crippen LogP contribution in [0.2, 0.25) is 0 Å². The van der Waals surface area contributed by atoms with Crippen LogP contribution in [0.4, 0.5) is 5.69 Å². The minimum Gasteiger partial charge on any atom is -0.506 e. The summed E-state index contributed by atoms with van der Waals surface area (Å²) in [6.45, 7) is 2.59. The van der Waals surface area contributed by atoms with Gasteiger partial charge in [-0.2, -0.15) is 5.26 Å². The molecule has 2 aromatic rings. The fraction of sp³-hybridized carbons (Fsp3) is 0.133. The van der Waals surface area contributed by atoms with E-state index in [4.69, 9.17) is 5.26 Å². The van der Waals surface area contributed by atoms with E-state index in [2.05, 4.69) is 11.4 Å². The Bertz CT molecular complexity index is 582. The molecule has 0 amide bonds. The summed E-state index contributed by atoms with van der Waals surface area (Å²) in [6, 6.07) is 14.9. The van der Waals surface area contributed by atoms with Crippen LogP contribution in [0.5, 0.6) is 5.75 Å². The van der Waals surface area contributed by atoms with Crippen LogP contribution >= 0.6 is 0 Å². The summed E-state index contributed by atoms with van der Waals surface area (Å²) in [5.74, 6) is 0.245. The first-order chi connectivity index (χ1) is 8.69. The molecule has 0 aliphatic heterocycles. The van der Waals surface area contributed by atoms with Crippen LogP contribution in [-0.2, 0) is 6.54 Å². The number of hydrogen-bond acceptors (Lipinski definition) is 3. The molecule has 0 saturated carbocycles. The molecule has 0 aliphatic carbocycles. The highest BCUT2D eigenvalue weighted by molar-refractivity contribution is 5.57. The summed E-state index contributed by atoms with van der Waals surface area (Å²) < 4.78 is 0. The van der Waals surface area contributed by atoms with Crippen molar-refractivity contribution in [2.75, 3.05) is 5.32 Å². The predicted molar refractivity (Wildman–Crippen MR) is 71.3 cm³/mol. The van der Waals surface area contributed by atoms with Crippen LogP contribution in [0.15, 0.2) is 42.5 Å². The van der Waals surface area contributed by atoms with E-state index < -0.39 is 0 Å². The van der Waals surface area contributed by atoms with Crippen LogP contribution in [-0.4, -0.2) is 5.11 Å². The maximum atomic E-state index is 9.69. The summed E-state index contributed by atoms with van der Waals surface area (Å²) in [7, 11) is 0. The molecule has 0 fully saturated rings. The number of phenols is 1. The molecule has 2 aromatic carbocycles. The molecule has 0 bridgehead atoms. The molecule has 2 rings (SSSR count). The molecular weight excluding hydrogens is 224 g/mol. The van der Waals surface area contributed by atoms with Gasteiger partial charge in [-0.1, -0.05) is 18.2 Å². The van der Waals surface area contributed by atoms with Crippen molar-refractivity contribution in [2.24, 2.45) is 0 Å². The monoisotopic (exact) mass is 238 g/mol. The Morgan fingerprint density at radius 3 is 2.56 bits per heavy atom. The fourth-order valence-electron chi connectivity index (χ4n) is 1.69. The number of nitrogens with one attached hydrogen (secondary N) is 1. The zero-order chi connectivity index (χ0) is 13.0. The van der Waals surface area contributed by atoms with Gasteiger partial charge in [-0.05, 0) is 42.3 Å². The zero-order valence-electron chi connectivity index (χ0n) is 10.1. The van der Waals surface area contributed by atoms with Crippen molar-refractivity contribution in [1.82, 2.24) is 0 Å². The van der Waals surface area contributed by atoms with Gasteiger partial charge in [0.15, 0.2) is 0 Å².